The average molecular weight is 348 g/mol. The first-order valence-corrected chi connectivity index (χ1v) is 7.13. The second kappa shape index (κ2) is 6.99. The predicted molar refractivity (Wildman–Crippen MR) is 76.8 cm³/mol. The van der Waals surface area contributed by atoms with E-state index in [-0.39, 0.29) is 17.2 Å². The summed E-state index contributed by atoms with van der Waals surface area (Å²) in [5, 5.41) is 9.52. The molecule has 2 aromatic carbocycles. The maximum atomic E-state index is 12.9. The molecule has 0 aromatic heterocycles. The minimum Gasteiger partial charge on any atom is -0.504 e. The molecule has 1 N–H and O–H groups in total. The average Bonchev–Trinajstić information content (AvgIpc) is 2.49. The SMILES string of the molecule is COc1cc(Sc2cccc(OC(F)(F)C(F)F)c2)ccc1O. The quantitative estimate of drug-likeness (QED) is 0.762. The highest BCUT2D eigenvalue weighted by Gasteiger charge is 2.43. The van der Waals surface area contributed by atoms with Crippen molar-refractivity contribution >= 4 is 11.8 Å². The van der Waals surface area contributed by atoms with Crippen LogP contribution in [0.25, 0.3) is 0 Å². The third-order valence-corrected chi connectivity index (χ3v) is 3.68. The normalized spacial score (nSPS) is 11.6. The fraction of sp³-hybridized carbons (Fsp3) is 0.200. The summed E-state index contributed by atoms with van der Waals surface area (Å²) in [5.41, 5.74) is 0. The molecule has 0 radical (unpaired) electrons. The number of phenolic OH excluding ortho intramolecular Hbond substituents is 1. The van der Waals surface area contributed by atoms with Gasteiger partial charge in [-0.1, -0.05) is 17.8 Å². The Labute approximate surface area is 133 Å². The van der Waals surface area contributed by atoms with E-state index in [2.05, 4.69) is 4.74 Å². The smallest absolute Gasteiger partial charge is 0.461 e. The Morgan fingerprint density at radius 2 is 1.78 bits per heavy atom. The standard InChI is InChI=1S/C15H12F4O3S/c1-21-13-8-11(5-6-12(13)20)23-10-4-2-3-9(7-10)22-15(18,19)14(16)17/h2-8,14,20H,1H3. The number of benzene rings is 2. The van der Waals surface area contributed by atoms with Crippen LogP contribution < -0.4 is 9.47 Å². The number of alkyl halides is 4. The molecular formula is C15H12F4O3S. The largest absolute Gasteiger partial charge is 0.504 e. The van der Waals surface area contributed by atoms with Crippen LogP contribution in [-0.4, -0.2) is 24.8 Å². The third-order valence-electron chi connectivity index (χ3n) is 2.70. The molecule has 0 aliphatic rings. The first-order chi connectivity index (χ1) is 10.8. The Bertz CT molecular complexity index is 680. The van der Waals surface area contributed by atoms with Gasteiger partial charge in [-0.25, -0.2) is 0 Å². The molecule has 23 heavy (non-hydrogen) atoms. The molecule has 0 unspecified atom stereocenters. The fourth-order valence-electron chi connectivity index (χ4n) is 1.66. The van der Waals surface area contributed by atoms with Crippen molar-refractivity contribution in [2.45, 2.75) is 22.3 Å². The second-order valence-electron chi connectivity index (χ2n) is 4.38. The number of hydrogen-bond donors (Lipinski definition) is 1. The third kappa shape index (κ3) is 4.44. The summed E-state index contributed by atoms with van der Waals surface area (Å²) in [6.45, 7) is 0. The van der Waals surface area contributed by atoms with Gasteiger partial charge >= 0.3 is 12.5 Å². The number of phenols is 1. The molecule has 0 saturated heterocycles. The number of aromatic hydroxyl groups is 1. The molecule has 0 aliphatic carbocycles. The summed E-state index contributed by atoms with van der Waals surface area (Å²) < 4.78 is 59.1. The van der Waals surface area contributed by atoms with E-state index in [0.717, 1.165) is 6.07 Å². The Morgan fingerprint density at radius 3 is 2.43 bits per heavy atom. The summed E-state index contributed by atoms with van der Waals surface area (Å²) in [5.74, 6) is -0.150. The zero-order valence-corrected chi connectivity index (χ0v) is 12.6. The van der Waals surface area contributed by atoms with Crippen molar-refractivity contribution in [1.29, 1.82) is 0 Å². The van der Waals surface area contributed by atoms with Gasteiger partial charge in [-0.3, -0.25) is 0 Å². The van der Waals surface area contributed by atoms with E-state index in [0.29, 0.717) is 9.79 Å². The van der Waals surface area contributed by atoms with Crippen LogP contribution in [0.3, 0.4) is 0 Å². The van der Waals surface area contributed by atoms with Crippen molar-refractivity contribution in [3.8, 4) is 17.2 Å². The lowest BCUT2D eigenvalue weighted by atomic mass is 10.3. The Kier molecular flexibility index (Phi) is 5.25. The van der Waals surface area contributed by atoms with Crippen LogP contribution in [0.4, 0.5) is 17.6 Å². The number of ether oxygens (including phenoxy) is 2. The van der Waals surface area contributed by atoms with Crippen LogP contribution >= 0.6 is 11.8 Å². The van der Waals surface area contributed by atoms with Gasteiger partial charge in [-0.2, -0.15) is 17.6 Å². The summed E-state index contributed by atoms with van der Waals surface area (Å²) >= 11 is 1.17. The van der Waals surface area contributed by atoms with Crippen molar-refractivity contribution in [2.75, 3.05) is 7.11 Å². The molecule has 8 heteroatoms. The molecule has 2 rings (SSSR count). The van der Waals surface area contributed by atoms with Crippen LogP contribution in [0.2, 0.25) is 0 Å². The van der Waals surface area contributed by atoms with Gasteiger partial charge in [0.25, 0.3) is 0 Å². The van der Waals surface area contributed by atoms with Crippen molar-refractivity contribution in [1.82, 2.24) is 0 Å². The number of methoxy groups -OCH3 is 1. The van der Waals surface area contributed by atoms with Crippen molar-refractivity contribution in [2.24, 2.45) is 0 Å². The maximum Gasteiger partial charge on any atom is 0.461 e. The van der Waals surface area contributed by atoms with Crippen LogP contribution in [0, 0.1) is 0 Å². The van der Waals surface area contributed by atoms with Crippen LogP contribution in [-0.2, 0) is 0 Å². The van der Waals surface area contributed by atoms with Gasteiger partial charge in [0.1, 0.15) is 5.75 Å². The van der Waals surface area contributed by atoms with Crippen molar-refractivity contribution in [3.63, 3.8) is 0 Å². The van der Waals surface area contributed by atoms with E-state index in [4.69, 9.17) is 4.74 Å². The van der Waals surface area contributed by atoms with Gasteiger partial charge in [0.2, 0.25) is 0 Å². The predicted octanol–water partition coefficient (Wildman–Crippen LogP) is 4.79. The van der Waals surface area contributed by atoms with Crippen molar-refractivity contribution in [3.05, 3.63) is 42.5 Å². The molecule has 0 heterocycles. The van der Waals surface area contributed by atoms with E-state index < -0.39 is 12.5 Å². The lowest BCUT2D eigenvalue weighted by Gasteiger charge is -2.17. The highest BCUT2D eigenvalue weighted by Crippen LogP contribution is 2.36. The first-order valence-electron chi connectivity index (χ1n) is 6.31. The van der Waals surface area contributed by atoms with Gasteiger partial charge in [-0.05, 0) is 36.4 Å². The van der Waals surface area contributed by atoms with E-state index in [1.807, 2.05) is 0 Å². The lowest BCUT2D eigenvalue weighted by molar-refractivity contribution is -0.253. The summed E-state index contributed by atoms with van der Waals surface area (Å²) in [6, 6.07) is 9.99. The zero-order chi connectivity index (χ0) is 17.0. The van der Waals surface area contributed by atoms with Gasteiger partial charge in [0, 0.05) is 9.79 Å². The van der Waals surface area contributed by atoms with Gasteiger partial charge in [0.15, 0.2) is 11.5 Å². The molecule has 0 bridgehead atoms. The monoisotopic (exact) mass is 348 g/mol. The van der Waals surface area contributed by atoms with Gasteiger partial charge < -0.3 is 14.6 Å². The minimum absolute atomic E-state index is 0.0366. The van der Waals surface area contributed by atoms with E-state index >= 15 is 0 Å². The van der Waals surface area contributed by atoms with Gasteiger partial charge in [-0.15, -0.1) is 0 Å². The minimum atomic E-state index is -4.55. The molecular weight excluding hydrogens is 336 g/mol. The highest BCUT2D eigenvalue weighted by molar-refractivity contribution is 7.99. The van der Waals surface area contributed by atoms with E-state index in [1.165, 1.54) is 37.1 Å². The molecule has 124 valence electrons. The molecule has 0 saturated carbocycles. The highest BCUT2D eigenvalue weighted by atomic mass is 32.2. The zero-order valence-electron chi connectivity index (χ0n) is 11.8. The topological polar surface area (TPSA) is 38.7 Å². The van der Waals surface area contributed by atoms with E-state index in [9.17, 15) is 22.7 Å². The molecule has 0 aliphatic heterocycles. The van der Waals surface area contributed by atoms with E-state index in [1.54, 1.807) is 18.2 Å². The molecule has 0 fully saturated rings. The fourth-order valence-corrected chi connectivity index (χ4v) is 2.56. The second-order valence-corrected chi connectivity index (χ2v) is 5.52. The summed E-state index contributed by atoms with van der Waals surface area (Å²) in [4.78, 5) is 1.16. The number of halogens is 4. The Hall–Kier alpha value is -2.09. The Balaban J connectivity index is 2.17. The molecule has 2 aromatic rings. The number of rotatable bonds is 6. The molecule has 3 nitrogen and oxygen atoms in total. The van der Waals surface area contributed by atoms with Crippen LogP contribution in [0.15, 0.2) is 52.3 Å². The lowest BCUT2D eigenvalue weighted by Crippen LogP contribution is -2.33. The van der Waals surface area contributed by atoms with Crippen LogP contribution in [0.5, 0.6) is 17.2 Å². The first kappa shape index (κ1) is 17.3. The maximum absolute atomic E-state index is 12.9. The Morgan fingerprint density at radius 1 is 1.09 bits per heavy atom. The number of hydrogen-bond acceptors (Lipinski definition) is 4. The molecule has 0 atom stereocenters. The summed E-state index contributed by atoms with van der Waals surface area (Å²) in [7, 11) is 1.39. The molecule has 0 spiro atoms. The summed E-state index contributed by atoms with van der Waals surface area (Å²) in [6.07, 6.45) is -8.47. The van der Waals surface area contributed by atoms with Crippen molar-refractivity contribution < 1.29 is 32.1 Å². The molecule has 0 amide bonds. The van der Waals surface area contributed by atoms with Gasteiger partial charge in [0.05, 0.1) is 7.11 Å². The van der Waals surface area contributed by atoms with Crippen LogP contribution in [0.1, 0.15) is 0 Å².